The molecule has 0 spiro atoms. The van der Waals surface area contributed by atoms with Crippen molar-refractivity contribution in [3.05, 3.63) is 18.0 Å². The zero-order chi connectivity index (χ0) is 18.6. The van der Waals surface area contributed by atoms with E-state index >= 15 is 0 Å². The van der Waals surface area contributed by atoms with Gasteiger partial charge in [-0.15, -0.1) is 0 Å². The number of hydrogen-bond donors (Lipinski definition) is 1. The molecule has 0 unspecified atom stereocenters. The normalized spacial score (nSPS) is 27.5. The summed E-state index contributed by atoms with van der Waals surface area (Å²) in [6, 6.07) is 0. The zero-order valence-corrected chi connectivity index (χ0v) is 17.1. The van der Waals surface area contributed by atoms with Crippen molar-refractivity contribution >= 4 is 11.8 Å². The maximum absolute atomic E-state index is 11.4. The highest BCUT2D eigenvalue weighted by Gasteiger charge is 2.48. The molecular weight excluding hydrogens is 348 g/mol. The lowest BCUT2D eigenvalue weighted by molar-refractivity contribution is -0.140. The van der Waals surface area contributed by atoms with E-state index in [-0.39, 0.29) is 5.41 Å². The molecule has 6 nitrogen and oxygen atoms in total. The predicted octanol–water partition coefficient (Wildman–Crippen LogP) is 1.88. The second-order valence-electron chi connectivity index (χ2n) is 8.07. The second kappa shape index (κ2) is 8.52. The molecule has 0 aliphatic carbocycles. The molecule has 146 valence electrons. The van der Waals surface area contributed by atoms with Gasteiger partial charge in [0.15, 0.2) is 5.16 Å². The van der Waals surface area contributed by atoms with Gasteiger partial charge in [-0.1, -0.05) is 32.5 Å². The first-order valence-electron chi connectivity index (χ1n) is 9.60. The summed E-state index contributed by atoms with van der Waals surface area (Å²) in [7, 11) is 0. The van der Waals surface area contributed by atoms with Gasteiger partial charge in [0.1, 0.15) is 0 Å². The molecule has 0 amide bonds. The highest BCUT2D eigenvalue weighted by atomic mass is 32.2. The van der Waals surface area contributed by atoms with Crippen LogP contribution in [-0.2, 0) is 11.3 Å². The van der Waals surface area contributed by atoms with Crippen molar-refractivity contribution in [2.24, 2.45) is 5.41 Å². The minimum atomic E-state index is -0.654. The Hall–Kier alpha value is -0.730. The number of rotatable bonds is 6. The summed E-state index contributed by atoms with van der Waals surface area (Å²) in [5.74, 6) is 0.987. The Balaban J connectivity index is 1.58. The standard InChI is InChI=1S/C19H32N4O2S/c1-4-26-17-20-11-16(12-21-17)13-23-6-5-19(24,18(2,3)14-23)15-22-7-9-25-10-8-22/h11-12,24H,4-10,13-15H2,1-3H3/t19-/m1/s1. The molecular formula is C19H32N4O2S. The Morgan fingerprint density at radius 3 is 2.46 bits per heavy atom. The lowest BCUT2D eigenvalue weighted by Gasteiger charge is -2.52. The number of hydrogen-bond acceptors (Lipinski definition) is 7. The van der Waals surface area contributed by atoms with Crippen LogP contribution in [0.25, 0.3) is 0 Å². The Bertz CT molecular complexity index is 577. The monoisotopic (exact) mass is 380 g/mol. The van der Waals surface area contributed by atoms with Crippen molar-refractivity contribution < 1.29 is 9.84 Å². The number of thioether (sulfide) groups is 1. The SMILES string of the molecule is CCSc1ncc(CN2CC[C@@](O)(CN3CCOCC3)C(C)(C)C2)cn1. The third kappa shape index (κ3) is 4.75. The smallest absolute Gasteiger partial charge is 0.187 e. The predicted molar refractivity (Wildman–Crippen MR) is 104 cm³/mol. The third-order valence-electron chi connectivity index (χ3n) is 5.67. The van der Waals surface area contributed by atoms with Crippen molar-refractivity contribution in [1.82, 2.24) is 19.8 Å². The van der Waals surface area contributed by atoms with E-state index in [1.807, 2.05) is 12.4 Å². The van der Waals surface area contributed by atoms with Crippen molar-refractivity contribution in [3.63, 3.8) is 0 Å². The van der Waals surface area contributed by atoms with Crippen molar-refractivity contribution in [3.8, 4) is 0 Å². The van der Waals surface area contributed by atoms with Crippen LogP contribution in [0, 0.1) is 5.41 Å². The van der Waals surface area contributed by atoms with Crippen LogP contribution in [0.15, 0.2) is 17.6 Å². The van der Waals surface area contributed by atoms with E-state index in [1.165, 1.54) is 0 Å². The van der Waals surface area contributed by atoms with Gasteiger partial charge in [0.2, 0.25) is 0 Å². The summed E-state index contributed by atoms with van der Waals surface area (Å²) in [4.78, 5) is 13.6. The summed E-state index contributed by atoms with van der Waals surface area (Å²) < 4.78 is 5.44. The van der Waals surface area contributed by atoms with Crippen LogP contribution in [-0.4, -0.2) is 82.2 Å². The Labute approximate surface area is 161 Å². The maximum atomic E-state index is 11.4. The molecule has 1 aromatic rings. The van der Waals surface area contributed by atoms with E-state index in [1.54, 1.807) is 11.8 Å². The molecule has 1 N–H and O–H groups in total. The van der Waals surface area contributed by atoms with Gasteiger partial charge in [0.05, 0.1) is 18.8 Å². The minimum absolute atomic E-state index is 0.164. The molecule has 26 heavy (non-hydrogen) atoms. The summed E-state index contributed by atoms with van der Waals surface area (Å²) in [5, 5.41) is 12.2. The molecule has 2 saturated heterocycles. The topological polar surface area (TPSA) is 61.7 Å². The Morgan fingerprint density at radius 2 is 1.85 bits per heavy atom. The molecule has 3 rings (SSSR count). The molecule has 2 fully saturated rings. The Morgan fingerprint density at radius 1 is 1.15 bits per heavy atom. The first kappa shape index (κ1) is 20.0. The lowest BCUT2D eigenvalue weighted by Crippen LogP contribution is -2.62. The summed E-state index contributed by atoms with van der Waals surface area (Å²) in [5.41, 5.74) is 0.321. The molecule has 0 saturated carbocycles. The van der Waals surface area contributed by atoms with Gasteiger partial charge < -0.3 is 9.84 Å². The van der Waals surface area contributed by atoms with Crippen molar-refractivity contribution in [2.75, 3.05) is 51.7 Å². The fraction of sp³-hybridized carbons (Fsp3) is 0.789. The van der Waals surface area contributed by atoms with Crippen LogP contribution < -0.4 is 0 Å². The molecule has 1 aromatic heterocycles. The van der Waals surface area contributed by atoms with E-state index in [4.69, 9.17) is 4.74 Å². The quantitative estimate of drug-likeness (QED) is 0.597. The number of piperidine rings is 1. The van der Waals surface area contributed by atoms with Gasteiger partial charge in [-0.25, -0.2) is 9.97 Å². The highest BCUT2D eigenvalue weighted by Crippen LogP contribution is 2.39. The molecule has 0 radical (unpaired) electrons. The van der Waals surface area contributed by atoms with Crippen molar-refractivity contribution in [1.29, 1.82) is 0 Å². The average Bonchev–Trinajstić information content (AvgIpc) is 2.61. The molecule has 2 aliphatic heterocycles. The number of aliphatic hydroxyl groups is 1. The fourth-order valence-corrected chi connectivity index (χ4v) is 4.42. The maximum Gasteiger partial charge on any atom is 0.187 e. The van der Waals surface area contributed by atoms with E-state index in [0.29, 0.717) is 0 Å². The number of aromatic nitrogens is 2. The van der Waals surface area contributed by atoms with Gasteiger partial charge in [0.25, 0.3) is 0 Å². The summed E-state index contributed by atoms with van der Waals surface area (Å²) >= 11 is 1.66. The van der Waals surface area contributed by atoms with E-state index in [0.717, 1.165) is 75.4 Å². The lowest BCUT2D eigenvalue weighted by atomic mass is 9.69. The minimum Gasteiger partial charge on any atom is -0.388 e. The van der Waals surface area contributed by atoms with Crippen LogP contribution in [0.4, 0.5) is 0 Å². The average molecular weight is 381 g/mol. The van der Waals surface area contributed by atoms with E-state index in [2.05, 4.69) is 40.5 Å². The molecule has 3 heterocycles. The van der Waals surface area contributed by atoms with Gasteiger partial charge in [-0.2, -0.15) is 0 Å². The van der Waals surface area contributed by atoms with E-state index in [9.17, 15) is 5.11 Å². The highest BCUT2D eigenvalue weighted by molar-refractivity contribution is 7.99. The molecule has 0 bridgehead atoms. The first-order chi connectivity index (χ1) is 12.4. The largest absolute Gasteiger partial charge is 0.388 e. The number of likely N-dealkylation sites (tertiary alicyclic amines) is 1. The molecule has 2 aliphatic rings. The van der Waals surface area contributed by atoms with Gasteiger partial charge in [-0.3, -0.25) is 9.80 Å². The van der Waals surface area contributed by atoms with Crippen LogP contribution >= 0.6 is 11.8 Å². The molecule has 1 atom stereocenters. The van der Waals surface area contributed by atoms with Crippen molar-refractivity contribution in [2.45, 2.75) is 44.5 Å². The van der Waals surface area contributed by atoms with Crippen LogP contribution in [0.5, 0.6) is 0 Å². The van der Waals surface area contributed by atoms with Crippen LogP contribution in [0.1, 0.15) is 32.8 Å². The van der Waals surface area contributed by atoms with Gasteiger partial charge in [0, 0.05) is 62.6 Å². The second-order valence-corrected chi connectivity index (χ2v) is 9.30. The number of β-amino-alcohol motifs (C(OH)–C–C–N with tert-alkyl or cyclic N) is 1. The number of ether oxygens (including phenoxy) is 1. The number of nitrogens with zero attached hydrogens (tertiary/aromatic N) is 4. The van der Waals surface area contributed by atoms with Gasteiger partial charge in [-0.05, 0) is 12.2 Å². The first-order valence-corrected chi connectivity index (χ1v) is 10.6. The fourth-order valence-electron chi connectivity index (χ4n) is 3.91. The third-order valence-corrected chi connectivity index (χ3v) is 6.43. The summed E-state index contributed by atoms with van der Waals surface area (Å²) in [6.45, 7) is 13.2. The molecule has 0 aromatic carbocycles. The Kier molecular flexibility index (Phi) is 6.56. The number of morpholine rings is 1. The zero-order valence-electron chi connectivity index (χ0n) is 16.3. The van der Waals surface area contributed by atoms with E-state index < -0.39 is 5.60 Å². The van der Waals surface area contributed by atoms with Crippen LogP contribution in [0.3, 0.4) is 0 Å². The van der Waals surface area contributed by atoms with Gasteiger partial charge >= 0.3 is 0 Å². The van der Waals surface area contributed by atoms with Crippen LogP contribution in [0.2, 0.25) is 0 Å². The summed E-state index contributed by atoms with van der Waals surface area (Å²) in [6.07, 6.45) is 4.67. The molecule has 7 heteroatoms.